The number of guanidine groups is 1. The molecule has 2 aliphatic heterocycles. The van der Waals surface area contributed by atoms with Gasteiger partial charge < -0.3 is 52.8 Å². The Morgan fingerprint density at radius 1 is 0.900 bits per heavy atom. The summed E-state index contributed by atoms with van der Waals surface area (Å²) in [5, 5.41) is 42.0. The van der Waals surface area contributed by atoms with Crippen LogP contribution in [0.3, 0.4) is 0 Å². The summed E-state index contributed by atoms with van der Waals surface area (Å²) in [6.45, 7) is 0.700. The van der Waals surface area contributed by atoms with Crippen LogP contribution < -0.4 is 37.5 Å². The first-order valence-electron chi connectivity index (χ1n) is 22.8. The third-order valence-corrected chi connectivity index (χ3v) is 14.2. The van der Waals surface area contributed by atoms with E-state index < -0.39 is 69.5 Å². The van der Waals surface area contributed by atoms with Crippen LogP contribution in [0.4, 0.5) is 5.69 Å². The molecule has 372 valence electrons. The molecule has 0 bridgehead atoms. The number of fused-ring (bicyclic) bond motifs is 2. The van der Waals surface area contributed by atoms with Gasteiger partial charge in [0.2, 0.25) is 21.8 Å². The van der Waals surface area contributed by atoms with Crippen molar-refractivity contribution >= 4 is 74.3 Å². The zero-order chi connectivity index (χ0) is 50.5. The van der Waals surface area contributed by atoms with Crippen molar-refractivity contribution in [1.82, 2.24) is 20.3 Å². The SMILES string of the molecule is NC(N)=NCCCCC(=O)N[C@@H](CCCCNC(=S)Nc1ccc(C2c3ccc(O)cc3OC3=CC(=O)C=CC32)c(C(=O)O)c1)C(=O)CC[C@H](NC(=O)[C@@H]1CCCN1S(=O)(=O)c1ccccc1)C(=O)O. The molecule has 0 spiro atoms. The maximum atomic E-state index is 13.7. The molecule has 3 aromatic rings. The number of aliphatic imine (C=N–C) groups is 1. The monoisotopic (exact) mass is 1000 g/mol. The number of nitrogens with one attached hydrogen (secondary N) is 4. The molecule has 5 atom stereocenters. The van der Waals surface area contributed by atoms with Crippen LogP contribution in [-0.4, -0.2) is 112 Å². The molecule has 3 aliphatic rings. The predicted molar refractivity (Wildman–Crippen MR) is 261 cm³/mol. The standard InChI is InChI=1S/C48H56N8O12S2/c49-47(50)51-22-7-5-13-42(60)54-36(39(59)21-20-37(46(64)65)55-44(61)38-12-8-24-56(38)70(66,67)31-9-2-1-3-10-31)11-4-6-23-52-48(69)53-28-14-17-32(35(25-28)45(62)63)43-33-18-15-29(57)26-40(33)68-41-27-30(58)16-19-34(41)43/h1-3,9-10,14-19,25-27,33,36-38,43,58H,4-8,11-13,20-24H2,(H,54,60)(H,55,61)(H,62,63)(H,64,65)(H4,49,50,51)(H2,52,53,69)/t33?,36-,37-,38-,43?/m0/s1. The van der Waals surface area contributed by atoms with Gasteiger partial charge in [-0.15, -0.1) is 0 Å². The summed E-state index contributed by atoms with van der Waals surface area (Å²) < 4.78 is 33.7. The Hall–Kier alpha value is -7.17. The van der Waals surface area contributed by atoms with Gasteiger partial charge in [0.05, 0.1) is 16.5 Å². The number of anilines is 1. The number of benzene rings is 3. The number of carboxylic acid groups (broad SMARTS) is 2. The predicted octanol–water partition coefficient (Wildman–Crippen LogP) is 3.41. The smallest absolute Gasteiger partial charge is 0.336 e. The number of aliphatic carboxylic acids is 1. The number of carboxylic acids is 2. The van der Waals surface area contributed by atoms with Gasteiger partial charge in [-0.2, -0.15) is 4.31 Å². The van der Waals surface area contributed by atoms with Crippen molar-refractivity contribution in [3.63, 3.8) is 0 Å². The molecule has 22 heteroatoms. The molecular weight excluding hydrogens is 945 g/mol. The zero-order valence-corrected chi connectivity index (χ0v) is 39.7. The number of hydrogen-bond donors (Lipinski definition) is 9. The van der Waals surface area contributed by atoms with Crippen molar-refractivity contribution in [2.24, 2.45) is 22.4 Å². The number of hydrogen-bond acceptors (Lipinski definition) is 12. The second-order valence-electron chi connectivity index (χ2n) is 17.0. The molecule has 1 aliphatic carbocycles. The molecule has 3 aromatic carbocycles. The average molecular weight is 1000 g/mol. The number of ether oxygens (including phenoxy) is 1. The number of unbranched alkanes of at least 4 members (excludes halogenated alkanes) is 2. The third-order valence-electron chi connectivity index (χ3n) is 12.1. The number of phenols is 1. The van der Waals surface area contributed by atoms with Gasteiger partial charge in [-0.3, -0.25) is 24.2 Å². The molecule has 2 amide bonds. The molecule has 0 aromatic heterocycles. The van der Waals surface area contributed by atoms with Crippen LogP contribution in [0.5, 0.6) is 11.5 Å². The number of nitrogens with zero attached hydrogens (tertiary/aromatic N) is 2. The molecule has 11 N–H and O–H groups in total. The van der Waals surface area contributed by atoms with E-state index in [1.807, 2.05) is 0 Å². The first kappa shape index (κ1) is 52.2. The average Bonchev–Trinajstić information content (AvgIpc) is 3.83. The van der Waals surface area contributed by atoms with Crippen LogP contribution in [0.1, 0.15) is 91.6 Å². The lowest BCUT2D eigenvalue weighted by atomic mass is 9.74. The highest BCUT2D eigenvalue weighted by Gasteiger charge is 2.41. The summed E-state index contributed by atoms with van der Waals surface area (Å²) >= 11 is 5.52. The molecule has 1 saturated heterocycles. The number of nitrogens with two attached hydrogens (primary N) is 2. The number of ketones is 2. The molecule has 1 fully saturated rings. The highest BCUT2D eigenvalue weighted by molar-refractivity contribution is 7.89. The van der Waals surface area contributed by atoms with Crippen molar-refractivity contribution < 1.29 is 57.2 Å². The maximum absolute atomic E-state index is 13.7. The Morgan fingerprint density at radius 3 is 2.39 bits per heavy atom. The van der Waals surface area contributed by atoms with Gasteiger partial charge in [0, 0.05) is 67.7 Å². The van der Waals surface area contributed by atoms with Crippen molar-refractivity contribution in [1.29, 1.82) is 0 Å². The number of aromatic hydroxyl groups is 1. The quantitative estimate of drug-likeness (QED) is 0.0284. The Bertz CT molecular complexity index is 2690. The van der Waals surface area contributed by atoms with Gasteiger partial charge in [-0.05, 0) is 106 Å². The molecular formula is C48H56N8O12S2. The van der Waals surface area contributed by atoms with Crippen LogP contribution in [-0.2, 0) is 34.0 Å². The maximum Gasteiger partial charge on any atom is 0.336 e. The van der Waals surface area contributed by atoms with Crippen LogP contribution in [0.15, 0.2) is 101 Å². The number of sulfonamides is 1. The second-order valence-corrected chi connectivity index (χ2v) is 19.3. The lowest BCUT2D eigenvalue weighted by Gasteiger charge is -2.35. The molecule has 0 saturated carbocycles. The molecule has 0 radical (unpaired) electrons. The van der Waals surface area contributed by atoms with E-state index in [-0.39, 0.29) is 71.7 Å². The number of aromatic carboxylic acids is 1. The number of thiocarbonyl (C=S) groups is 1. The van der Waals surface area contributed by atoms with E-state index in [9.17, 15) is 52.5 Å². The van der Waals surface area contributed by atoms with Gasteiger partial charge in [-0.25, -0.2) is 18.0 Å². The summed E-state index contributed by atoms with van der Waals surface area (Å²) in [7, 11) is -4.05. The van der Waals surface area contributed by atoms with Gasteiger partial charge in [0.25, 0.3) is 0 Å². The minimum absolute atomic E-state index is 0.00266. The van der Waals surface area contributed by atoms with E-state index >= 15 is 0 Å². The highest BCUT2D eigenvalue weighted by atomic mass is 32.2. The van der Waals surface area contributed by atoms with E-state index in [1.165, 1.54) is 42.5 Å². The number of phenolic OH excluding ortho intramolecular Hbond substituents is 1. The number of carbonyl (C=O) groups excluding carboxylic acids is 4. The first-order valence-corrected chi connectivity index (χ1v) is 24.6. The minimum Gasteiger partial charge on any atom is -0.508 e. The van der Waals surface area contributed by atoms with Crippen molar-refractivity contribution in [3.05, 3.63) is 107 Å². The number of Topliss-reactive ketones (excluding diaryl/α,β-unsaturated/α-hetero) is 1. The zero-order valence-electron chi connectivity index (χ0n) is 38.0. The largest absolute Gasteiger partial charge is 0.508 e. The number of rotatable bonds is 23. The molecule has 2 unspecified atom stereocenters. The summed E-state index contributed by atoms with van der Waals surface area (Å²) in [5.74, 6) is -5.13. The summed E-state index contributed by atoms with van der Waals surface area (Å²) in [6.07, 6.45) is 6.39. The molecule has 6 rings (SSSR count). The fraction of sp³-hybridized carbons (Fsp3) is 0.375. The molecule has 20 nitrogen and oxygen atoms in total. The lowest BCUT2D eigenvalue weighted by molar-refractivity contribution is -0.142. The van der Waals surface area contributed by atoms with Crippen LogP contribution in [0.25, 0.3) is 0 Å². The van der Waals surface area contributed by atoms with Gasteiger partial charge in [0.1, 0.15) is 29.3 Å². The van der Waals surface area contributed by atoms with Crippen LogP contribution in [0.2, 0.25) is 0 Å². The minimum atomic E-state index is -4.05. The summed E-state index contributed by atoms with van der Waals surface area (Å²) in [5.41, 5.74) is 12.2. The molecule has 70 heavy (non-hydrogen) atoms. The Labute approximate surface area is 409 Å². The van der Waals surface area contributed by atoms with E-state index in [0.717, 1.165) is 4.31 Å². The van der Waals surface area contributed by atoms with Crippen molar-refractivity contribution in [2.75, 3.05) is 25.0 Å². The fourth-order valence-corrected chi connectivity index (χ4v) is 10.5. The third kappa shape index (κ3) is 13.5. The Balaban J connectivity index is 1.05. The van der Waals surface area contributed by atoms with E-state index in [2.05, 4.69) is 26.3 Å². The number of allylic oxidation sites excluding steroid dienone is 3. The van der Waals surface area contributed by atoms with Crippen LogP contribution >= 0.6 is 12.2 Å². The number of amides is 2. The van der Waals surface area contributed by atoms with Crippen molar-refractivity contribution in [3.8, 4) is 11.5 Å². The van der Waals surface area contributed by atoms with E-state index in [1.54, 1.807) is 42.5 Å². The van der Waals surface area contributed by atoms with Gasteiger partial charge >= 0.3 is 11.9 Å². The topological polar surface area (TPSA) is 322 Å². The van der Waals surface area contributed by atoms with E-state index in [4.69, 9.17) is 28.4 Å². The summed E-state index contributed by atoms with van der Waals surface area (Å²) in [6, 6.07) is 13.3. The Kier molecular flexibility index (Phi) is 17.8. The normalized spacial score (nSPS) is 18.1. The molecule has 2 heterocycles. The van der Waals surface area contributed by atoms with Gasteiger partial charge in [-0.1, -0.05) is 36.4 Å². The van der Waals surface area contributed by atoms with Crippen molar-refractivity contribution in [2.45, 2.75) is 93.1 Å². The lowest BCUT2D eigenvalue weighted by Crippen LogP contribution is -2.51. The Morgan fingerprint density at radius 2 is 1.66 bits per heavy atom. The summed E-state index contributed by atoms with van der Waals surface area (Å²) in [4.78, 5) is 81.3. The number of carbonyl (C=O) groups is 6. The second kappa shape index (κ2) is 23.9. The van der Waals surface area contributed by atoms with Crippen LogP contribution in [0, 0.1) is 5.92 Å². The van der Waals surface area contributed by atoms with Gasteiger partial charge in [0.15, 0.2) is 22.6 Å². The fourth-order valence-electron chi connectivity index (χ4n) is 8.63. The first-order chi connectivity index (χ1) is 33.4. The van der Waals surface area contributed by atoms with E-state index in [0.29, 0.717) is 73.5 Å². The highest BCUT2D eigenvalue weighted by Crippen LogP contribution is 2.49.